The number of piperidine rings is 1. The smallest absolute Gasteiger partial charge is 0.159 e. The van der Waals surface area contributed by atoms with Gasteiger partial charge in [-0.2, -0.15) is 5.10 Å². The summed E-state index contributed by atoms with van der Waals surface area (Å²) in [6.07, 6.45) is 9.44. The number of halogens is 1. The predicted molar refractivity (Wildman–Crippen MR) is 171 cm³/mol. The lowest BCUT2D eigenvalue weighted by Gasteiger charge is -2.26. The number of ether oxygens (including phenoxy) is 1. The molecule has 0 spiro atoms. The molecule has 10 heteroatoms. The lowest BCUT2D eigenvalue weighted by molar-refractivity contribution is 0.220. The van der Waals surface area contributed by atoms with Crippen LogP contribution in [0, 0.1) is 5.82 Å². The van der Waals surface area contributed by atoms with Gasteiger partial charge in [-0.05, 0) is 81.5 Å². The summed E-state index contributed by atoms with van der Waals surface area (Å²) in [5.74, 6) is 0.747. The zero-order chi connectivity index (χ0) is 30.0. The molecular weight excluding hydrogens is 555 g/mol. The summed E-state index contributed by atoms with van der Waals surface area (Å²) in [4.78, 5) is 22.1. The highest BCUT2D eigenvalue weighted by molar-refractivity contribution is 5.97. The standard InChI is InChI=1S/C34H35FN8O/c1-42(2)11-12-44-26-15-23(14-25(35)16-26)27-7-6-8-29-32(27)39-34(38-29)33-28-17-30(37-20-31(28)40-41-33)24-13-22(18-36-19-24)21-43-9-4-3-5-10-43/h6-8,13-20H,3-5,9-12,21H2,1-2H3,(H,38,39)(H,40,41). The van der Waals surface area contributed by atoms with Crippen LogP contribution in [0.5, 0.6) is 5.75 Å². The maximum absolute atomic E-state index is 14.7. The molecule has 2 N–H and O–H groups in total. The number of nitrogens with one attached hydrogen (secondary N) is 2. The average Bonchev–Trinajstić information content (AvgIpc) is 3.65. The van der Waals surface area contributed by atoms with Gasteiger partial charge in [-0.15, -0.1) is 0 Å². The van der Waals surface area contributed by atoms with Gasteiger partial charge in [-0.1, -0.05) is 18.6 Å². The summed E-state index contributed by atoms with van der Waals surface area (Å²) < 4.78 is 20.5. The Morgan fingerprint density at radius 2 is 1.84 bits per heavy atom. The van der Waals surface area contributed by atoms with Crippen molar-refractivity contribution in [1.82, 2.24) is 39.9 Å². The zero-order valence-electron chi connectivity index (χ0n) is 25.0. The van der Waals surface area contributed by atoms with E-state index in [0.717, 1.165) is 64.9 Å². The molecule has 1 fully saturated rings. The van der Waals surface area contributed by atoms with Crippen molar-refractivity contribution in [2.75, 3.05) is 40.3 Å². The molecule has 0 aliphatic carbocycles. The van der Waals surface area contributed by atoms with Crippen molar-refractivity contribution in [3.8, 4) is 39.7 Å². The molecule has 0 amide bonds. The van der Waals surface area contributed by atoms with Gasteiger partial charge in [0.05, 0.1) is 28.4 Å². The number of para-hydroxylation sites is 1. The number of imidazole rings is 1. The molecule has 1 aliphatic heterocycles. The minimum atomic E-state index is -0.358. The van der Waals surface area contributed by atoms with Gasteiger partial charge in [0, 0.05) is 48.1 Å². The van der Waals surface area contributed by atoms with Crippen LogP contribution in [0.2, 0.25) is 0 Å². The minimum absolute atomic E-state index is 0.358. The van der Waals surface area contributed by atoms with Crippen molar-refractivity contribution in [2.24, 2.45) is 0 Å². The van der Waals surface area contributed by atoms with Gasteiger partial charge < -0.3 is 14.6 Å². The molecule has 2 aromatic carbocycles. The molecule has 6 aromatic rings. The number of rotatable bonds is 9. The van der Waals surface area contributed by atoms with Crippen molar-refractivity contribution in [1.29, 1.82) is 0 Å². The molecule has 0 unspecified atom stereocenters. The first kappa shape index (κ1) is 28.1. The first-order chi connectivity index (χ1) is 21.5. The van der Waals surface area contributed by atoms with Crippen LogP contribution in [0.1, 0.15) is 24.8 Å². The Morgan fingerprint density at radius 1 is 0.955 bits per heavy atom. The molecule has 1 aliphatic rings. The quantitative estimate of drug-likeness (QED) is 0.204. The van der Waals surface area contributed by atoms with E-state index in [-0.39, 0.29) is 5.82 Å². The average molecular weight is 591 g/mol. The summed E-state index contributed by atoms with van der Waals surface area (Å²) in [5.41, 5.74) is 7.55. The van der Waals surface area contributed by atoms with Crippen LogP contribution in [0.25, 0.3) is 55.8 Å². The Morgan fingerprint density at radius 3 is 2.70 bits per heavy atom. The fourth-order valence-corrected chi connectivity index (χ4v) is 5.87. The lowest BCUT2D eigenvalue weighted by Crippen LogP contribution is -2.29. The molecule has 1 saturated heterocycles. The van der Waals surface area contributed by atoms with Crippen LogP contribution in [-0.4, -0.2) is 80.3 Å². The molecular formula is C34H35FN8O. The number of aromatic amines is 2. The van der Waals surface area contributed by atoms with Crippen molar-refractivity contribution >= 4 is 21.9 Å². The molecule has 4 aromatic heterocycles. The van der Waals surface area contributed by atoms with Crippen molar-refractivity contribution < 1.29 is 9.13 Å². The van der Waals surface area contributed by atoms with E-state index in [1.54, 1.807) is 6.20 Å². The number of H-pyrrole nitrogens is 2. The SMILES string of the molecule is CN(C)CCOc1cc(F)cc(-c2cccc3[nH]c(-c4n[nH]c5cnc(-c6cncc(CN7CCCCC7)c6)cc45)nc23)c1. The third-order valence-electron chi connectivity index (χ3n) is 8.12. The van der Waals surface area contributed by atoms with E-state index in [4.69, 9.17) is 14.7 Å². The third kappa shape index (κ3) is 5.91. The Hall–Kier alpha value is -4.67. The number of hydrogen-bond donors (Lipinski definition) is 2. The summed E-state index contributed by atoms with van der Waals surface area (Å²) in [7, 11) is 3.95. The van der Waals surface area contributed by atoms with Crippen molar-refractivity contribution in [3.63, 3.8) is 0 Å². The number of pyridine rings is 2. The summed E-state index contributed by atoms with van der Waals surface area (Å²) >= 11 is 0. The van der Waals surface area contributed by atoms with Gasteiger partial charge in [-0.3, -0.25) is 20.0 Å². The number of benzene rings is 2. The van der Waals surface area contributed by atoms with Gasteiger partial charge in [0.15, 0.2) is 5.82 Å². The minimum Gasteiger partial charge on any atom is -0.492 e. The van der Waals surface area contributed by atoms with Crippen LogP contribution < -0.4 is 4.74 Å². The monoisotopic (exact) mass is 590 g/mol. The van der Waals surface area contributed by atoms with Crippen LogP contribution in [0.3, 0.4) is 0 Å². The van der Waals surface area contributed by atoms with E-state index in [2.05, 4.69) is 31.1 Å². The summed E-state index contributed by atoms with van der Waals surface area (Å²) in [6.45, 7) is 4.37. The lowest BCUT2D eigenvalue weighted by atomic mass is 10.0. The van der Waals surface area contributed by atoms with Crippen molar-refractivity contribution in [2.45, 2.75) is 25.8 Å². The van der Waals surface area contributed by atoms with E-state index in [0.29, 0.717) is 29.4 Å². The molecule has 0 radical (unpaired) electrons. The van der Waals surface area contributed by atoms with Crippen molar-refractivity contribution in [3.05, 3.63) is 78.5 Å². The second-order valence-electron chi connectivity index (χ2n) is 11.7. The Balaban J connectivity index is 1.21. The highest BCUT2D eigenvalue weighted by atomic mass is 19.1. The molecule has 0 saturated carbocycles. The molecule has 5 heterocycles. The first-order valence-corrected chi connectivity index (χ1v) is 15.1. The van der Waals surface area contributed by atoms with E-state index < -0.39 is 0 Å². The van der Waals surface area contributed by atoms with Gasteiger partial charge in [0.1, 0.15) is 23.9 Å². The molecule has 44 heavy (non-hydrogen) atoms. The third-order valence-corrected chi connectivity index (χ3v) is 8.12. The molecule has 9 nitrogen and oxygen atoms in total. The Bertz CT molecular complexity index is 1920. The number of nitrogens with zero attached hydrogens (tertiary/aromatic N) is 6. The van der Waals surface area contributed by atoms with E-state index >= 15 is 0 Å². The summed E-state index contributed by atoms with van der Waals surface area (Å²) in [5, 5.41) is 8.61. The fourth-order valence-electron chi connectivity index (χ4n) is 5.87. The van der Waals surface area contributed by atoms with E-state index in [9.17, 15) is 4.39 Å². The number of aromatic nitrogens is 6. The molecule has 0 bridgehead atoms. The zero-order valence-corrected chi connectivity index (χ0v) is 25.0. The first-order valence-electron chi connectivity index (χ1n) is 15.1. The number of likely N-dealkylation sites (N-methyl/N-ethyl adjacent to an activating group) is 1. The highest BCUT2D eigenvalue weighted by Gasteiger charge is 2.18. The molecule has 224 valence electrons. The predicted octanol–water partition coefficient (Wildman–Crippen LogP) is 6.30. The molecule has 0 atom stereocenters. The fraction of sp³-hybridized carbons (Fsp3) is 0.294. The largest absolute Gasteiger partial charge is 0.492 e. The second kappa shape index (κ2) is 12.1. The van der Waals surface area contributed by atoms with Crippen LogP contribution in [0.4, 0.5) is 4.39 Å². The topological polar surface area (TPSA) is 98.8 Å². The number of fused-ring (bicyclic) bond motifs is 2. The number of hydrogen-bond acceptors (Lipinski definition) is 7. The van der Waals surface area contributed by atoms with Crippen LogP contribution >= 0.6 is 0 Å². The van der Waals surface area contributed by atoms with E-state index in [1.807, 2.05) is 61.7 Å². The Labute approximate surface area is 255 Å². The summed E-state index contributed by atoms with van der Waals surface area (Å²) in [6, 6.07) is 14.8. The van der Waals surface area contributed by atoms with Gasteiger partial charge in [-0.25, -0.2) is 9.37 Å². The van der Waals surface area contributed by atoms with Gasteiger partial charge in [0.2, 0.25) is 0 Å². The maximum atomic E-state index is 14.7. The normalized spacial score (nSPS) is 14.2. The second-order valence-corrected chi connectivity index (χ2v) is 11.7. The van der Waals surface area contributed by atoms with Gasteiger partial charge >= 0.3 is 0 Å². The van der Waals surface area contributed by atoms with Crippen LogP contribution in [-0.2, 0) is 6.54 Å². The highest BCUT2D eigenvalue weighted by Crippen LogP contribution is 2.34. The van der Waals surface area contributed by atoms with Gasteiger partial charge in [0.25, 0.3) is 0 Å². The van der Waals surface area contributed by atoms with E-state index in [1.165, 1.54) is 37.0 Å². The van der Waals surface area contributed by atoms with Crippen LogP contribution in [0.15, 0.2) is 67.1 Å². The number of likely N-dealkylation sites (tertiary alicyclic amines) is 1. The molecule has 7 rings (SSSR count). The Kier molecular flexibility index (Phi) is 7.76. The maximum Gasteiger partial charge on any atom is 0.159 e.